The van der Waals surface area contributed by atoms with Gasteiger partial charge in [0.25, 0.3) is 0 Å². The predicted octanol–water partition coefficient (Wildman–Crippen LogP) is 1.74. The van der Waals surface area contributed by atoms with Gasteiger partial charge in [0, 0.05) is 0 Å². The highest BCUT2D eigenvalue weighted by molar-refractivity contribution is 6.00. The normalized spacial score (nSPS) is 9.40. The number of Topliss-reactive ketones (excluding diaryl/α,β-unsaturated/α-hetero) is 1. The molecule has 0 unspecified atom stereocenters. The number of nitrogens with zero attached hydrogens (tertiary/aromatic N) is 1. The molecule has 0 radical (unpaired) electrons. The molecule has 0 atom stereocenters. The maximum absolute atomic E-state index is 11.4. The van der Waals surface area contributed by atoms with Crippen LogP contribution in [-0.2, 0) is 0 Å². The number of ether oxygens (including phenoxy) is 1. The van der Waals surface area contributed by atoms with Crippen molar-refractivity contribution >= 4 is 11.5 Å². The molecule has 1 aromatic rings. The van der Waals surface area contributed by atoms with Crippen molar-refractivity contribution in [2.24, 2.45) is 0 Å². The maximum atomic E-state index is 11.4. The van der Waals surface area contributed by atoms with E-state index in [1.165, 1.54) is 6.92 Å². The summed E-state index contributed by atoms with van der Waals surface area (Å²) in [7, 11) is 0. The van der Waals surface area contributed by atoms with Gasteiger partial charge in [-0.25, -0.2) is 0 Å². The van der Waals surface area contributed by atoms with E-state index in [2.05, 4.69) is 0 Å². The molecular weight excluding hydrogens is 192 g/mol. The zero-order valence-corrected chi connectivity index (χ0v) is 8.70. The number of nitrogen functional groups attached to an aromatic ring is 1. The number of benzene rings is 1. The molecule has 0 spiro atoms. The molecule has 0 saturated carbocycles. The lowest BCUT2D eigenvalue weighted by Gasteiger charge is -2.10. The Labute approximate surface area is 88.3 Å². The van der Waals surface area contributed by atoms with Crippen LogP contribution in [-0.4, -0.2) is 12.4 Å². The Hall–Kier alpha value is -2.02. The number of hydrogen-bond acceptors (Lipinski definition) is 4. The Morgan fingerprint density at radius 1 is 1.60 bits per heavy atom. The Bertz CT molecular complexity index is 433. The number of nitrogens with two attached hydrogens (primary N) is 1. The molecule has 0 fully saturated rings. The summed E-state index contributed by atoms with van der Waals surface area (Å²) >= 11 is 0. The summed E-state index contributed by atoms with van der Waals surface area (Å²) in [6.45, 7) is 3.64. The van der Waals surface area contributed by atoms with Crippen LogP contribution >= 0.6 is 0 Å². The molecule has 1 rings (SSSR count). The van der Waals surface area contributed by atoms with Crippen LogP contribution < -0.4 is 10.5 Å². The average Bonchev–Trinajstić information content (AvgIpc) is 2.20. The van der Waals surface area contributed by atoms with Crippen molar-refractivity contribution in [3.63, 3.8) is 0 Å². The molecule has 0 bridgehead atoms. The summed E-state index contributed by atoms with van der Waals surface area (Å²) < 4.78 is 5.27. The molecule has 1 aromatic carbocycles. The minimum Gasteiger partial charge on any atom is -0.493 e. The van der Waals surface area contributed by atoms with Gasteiger partial charge in [0.2, 0.25) is 0 Å². The number of anilines is 1. The van der Waals surface area contributed by atoms with E-state index in [0.717, 1.165) is 0 Å². The SMILES string of the molecule is CCOc1ccc(N)c(C#N)c1C(C)=O. The summed E-state index contributed by atoms with van der Waals surface area (Å²) in [5.41, 5.74) is 6.35. The van der Waals surface area contributed by atoms with E-state index >= 15 is 0 Å². The smallest absolute Gasteiger partial charge is 0.164 e. The van der Waals surface area contributed by atoms with Gasteiger partial charge in [-0.2, -0.15) is 5.26 Å². The molecule has 4 heteroatoms. The fourth-order valence-corrected chi connectivity index (χ4v) is 1.35. The van der Waals surface area contributed by atoms with E-state index in [4.69, 9.17) is 15.7 Å². The van der Waals surface area contributed by atoms with Crippen LogP contribution in [0.25, 0.3) is 0 Å². The molecule has 78 valence electrons. The van der Waals surface area contributed by atoms with Crippen molar-refractivity contribution in [2.45, 2.75) is 13.8 Å². The minimum absolute atomic E-state index is 0.188. The molecule has 0 amide bonds. The fraction of sp³-hybridized carbons (Fsp3) is 0.273. The largest absolute Gasteiger partial charge is 0.493 e. The van der Waals surface area contributed by atoms with Gasteiger partial charge in [-0.3, -0.25) is 4.79 Å². The van der Waals surface area contributed by atoms with Crippen LogP contribution in [0.1, 0.15) is 29.8 Å². The number of ketones is 1. The quantitative estimate of drug-likeness (QED) is 0.601. The molecule has 0 aliphatic rings. The van der Waals surface area contributed by atoms with Crippen LogP contribution in [0.4, 0.5) is 5.69 Å². The van der Waals surface area contributed by atoms with Gasteiger partial charge in [-0.1, -0.05) is 0 Å². The van der Waals surface area contributed by atoms with Crippen molar-refractivity contribution in [1.29, 1.82) is 5.26 Å². The van der Waals surface area contributed by atoms with Gasteiger partial charge in [-0.15, -0.1) is 0 Å². The maximum Gasteiger partial charge on any atom is 0.164 e. The molecule has 0 aromatic heterocycles. The zero-order valence-electron chi connectivity index (χ0n) is 8.70. The molecule has 0 aliphatic heterocycles. The number of nitriles is 1. The molecule has 15 heavy (non-hydrogen) atoms. The topological polar surface area (TPSA) is 76.1 Å². The van der Waals surface area contributed by atoms with Gasteiger partial charge in [-0.05, 0) is 26.0 Å². The van der Waals surface area contributed by atoms with Crippen molar-refractivity contribution in [1.82, 2.24) is 0 Å². The van der Waals surface area contributed by atoms with Crippen LogP contribution in [0, 0.1) is 11.3 Å². The summed E-state index contributed by atoms with van der Waals surface area (Å²) in [6.07, 6.45) is 0. The summed E-state index contributed by atoms with van der Waals surface area (Å²) in [6, 6.07) is 5.09. The minimum atomic E-state index is -0.220. The average molecular weight is 204 g/mol. The van der Waals surface area contributed by atoms with E-state index < -0.39 is 0 Å². The number of carbonyl (C=O) groups is 1. The first kappa shape index (κ1) is 11.1. The fourth-order valence-electron chi connectivity index (χ4n) is 1.35. The Balaban J connectivity index is 3.44. The molecule has 2 N–H and O–H groups in total. The first-order valence-electron chi connectivity index (χ1n) is 4.58. The lowest BCUT2D eigenvalue weighted by atomic mass is 10.0. The summed E-state index contributed by atoms with van der Waals surface area (Å²) in [4.78, 5) is 11.4. The van der Waals surface area contributed by atoms with Crippen molar-refractivity contribution < 1.29 is 9.53 Å². The molecule has 0 saturated heterocycles. The zero-order chi connectivity index (χ0) is 11.4. The standard InChI is InChI=1S/C11H12N2O2/c1-3-15-10-5-4-9(13)8(6-12)11(10)7(2)14/h4-5H,3,13H2,1-2H3. The lowest BCUT2D eigenvalue weighted by Crippen LogP contribution is -2.06. The van der Waals surface area contributed by atoms with Crippen molar-refractivity contribution in [3.8, 4) is 11.8 Å². The third kappa shape index (κ3) is 2.08. The second-order valence-corrected chi connectivity index (χ2v) is 3.00. The molecular formula is C11H12N2O2. The van der Waals surface area contributed by atoms with Gasteiger partial charge >= 0.3 is 0 Å². The van der Waals surface area contributed by atoms with E-state index in [9.17, 15) is 4.79 Å². The monoisotopic (exact) mass is 204 g/mol. The molecule has 0 aliphatic carbocycles. The van der Waals surface area contributed by atoms with Crippen molar-refractivity contribution in [3.05, 3.63) is 23.3 Å². The van der Waals surface area contributed by atoms with E-state index in [1.54, 1.807) is 12.1 Å². The highest BCUT2D eigenvalue weighted by Crippen LogP contribution is 2.27. The van der Waals surface area contributed by atoms with Crippen LogP contribution in [0.3, 0.4) is 0 Å². The summed E-state index contributed by atoms with van der Waals surface area (Å²) in [5.74, 6) is 0.193. The van der Waals surface area contributed by atoms with Crippen LogP contribution in [0.5, 0.6) is 5.75 Å². The van der Waals surface area contributed by atoms with Gasteiger partial charge < -0.3 is 10.5 Å². The van der Waals surface area contributed by atoms with E-state index in [-0.39, 0.29) is 16.9 Å². The number of carbonyl (C=O) groups excluding carboxylic acids is 1. The van der Waals surface area contributed by atoms with E-state index in [1.807, 2.05) is 13.0 Å². The van der Waals surface area contributed by atoms with Crippen LogP contribution in [0.2, 0.25) is 0 Å². The lowest BCUT2D eigenvalue weighted by molar-refractivity contribution is 0.101. The highest BCUT2D eigenvalue weighted by atomic mass is 16.5. The summed E-state index contributed by atoms with van der Waals surface area (Å²) in [5, 5.41) is 8.90. The predicted molar refractivity (Wildman–Crippen MR) is 56.7 cm³/mol. The third-order valence-electron chi connectivity index (χ3n) is 1.96. The van der Waals surface area contributed by atoms with Gasteiger partial charge in [0.1, 0.15) is 11.8 Å². The highest BCUT2D eigenvalue weighted by Gasteiger charge is 2.16. The number of rotatable bonds is 3. The second kappa shape index (κ2) is 4.47. The Kier molecular flexibility index (Phi) is 3.29. The molecule has 4 nitrogen and oxygen atoms in total. The van der Waals surface area contributed by atoms with Crippen LogP contribution in [0.15, 0.2) is 12.1 Å². The second-order valence-electron chi connectivity index (χ2n) is 3.00. The van der Waals surface area contributed by atoms with E-state index in [0.29, 0.717) is 18.0 Å². The Morgan fingerprint density at radius 2 is 2.27 bits per heavy atom. The Morgan fingerprint density at radius 3 is 2.73 bits per heavy atom. The van der Waals surface area contributed by atoms with Crippen molar-refractivity contribution in [2.75, 3.05) is 12.3 Å². The van der Waals surface area contributed by atoms with Gasteiger partial charge in [0.15, 0.2) is 5.78 Å². The number of hydrogen-bond donors (Lipinski definition) is 1. The third-order valence-corrected chi connectivity index (χ3v) is 1.96. The first-order chi connectivity index (χ1) is 7.11. The first-order valence-corrected chi connectivity index (χ1v) is 4.58. The molecule has 0 heterocycles. The van der Waals surface area contributed by atoms with Gasteiger partial charge in [0.05, 0.1) is 23.4 Å².